The number of nitrogens with zero attached hydrogens (tertiary/aromatic N) is 3. The number of guanidine groups is 1. The van der Waals surface area contributed by atoms with E-state index in [9.17, 15) is 0 Å². The van der Waals surface area contributed by atoms with Gasteiger partial charge < -0.3 is 10.6 Å². The molecule has 0 spiro atoms. The first-order chi connectivity index (χ1) is 10.4. The molecule has 2 bridgehead atoms. The lowest BCUT2D eigenvalue weighted by molar-refractivity contribution is 0.0154. The van der Waals surface area contributed by atoms with Gasteiger partial charge in [0.25, 0.3) is 0 Å². The Morgan fingerprint density at radius 2 is 1.91 bits per heavy atom. The Bertz CT molecular complexity index is 366. The zero-order valence-corrected chi connectivity index (χ0v) is 15.2. The van der Waals surface area contributed by atoms with Crippen molar-refractivity contribution in [2.24, 2.45) is 10.4 Å². The summed E-state index contributed by atoms with van der Waals surface area (Å²) >= 11 is 0. The van der Waals surface area contributed by atoms with Crippen LogP contribution in [0.3, 0.4) is 0 Å². The summed E-state index contributed by atoms with van der Waals surface area (Å²) in [6.45, 7) is 16.3. The fourth-order valence-corrected chi connectivity index (χ4v) is 3.28. The zero-order valence-electron chi connectivity index (χ0n) is 15.2. The summed E-state index contributed by atoms with van der Waals surface area (Å²) in [5.74, 6) is 0.944. The molecule has 22 heavy (non-hydrogen) atoms. The Morgan fingerprint density at radius 3 is 2.41 bits per heavy atom. The van der Waals surface area contributed by atoms with Gasteiger partial charge in [0.2, 0.25) is 0 Å². The van der Waals surface area contributed by atoms with Crippen molar-refractivity contribution in [3.63, 3.8) is 0 Å². The van der Waals surface area contributed by atoms with Crippen molar-refractivity contribution in [2.75, 3.05) is 46.3 Å². The molecule has 2 N–H and O–H groups in total. The molecule has 0 aliphatic carbocycles. The van der Waals surface area contributed by atoms with Crippen LogP contribution < -0.4 is 10.6 Å². The number of hydrogen-bond donors (Lipinski definition) is 2. The third kappa shape index (κ3) is 5.43. The van der Waals surface area contributed by atoms with Crippen molar-refractivity contribution in [1.82, 2.24) is 20.4 Å². The topological polar surface area (TPSA) is 42.9 Å². The lowest BCUT2D eigenvalue weighted by Crippen LogP contribution is -2.64. The lowest BCUT2D eigenvalue weighted by Gasteiger charge is -2.47. The van der Waals surface area contributed by atoms with E-state index in [0.717, 1.165) is 12.5 Å². The molecule has 3 aliphatic heterocycles. The van der Waals surface area contributed by atoms with Crippen LogP contribution in [0, 0.1) is 5.41 Å². The van der Waals surface area contributed by atoms with Crippen LogP contribution in [0.2, 0.25) is 0 Å². The van der Waals surface area contributed by atoms with Crippen molar-refractivity contribution >= 4 is 5.96 Å². The predicted octanol–water partition coefficient (Wildman–Crippen LogP) is 1.37. The first-order valence-electron chi connectivity index (χ1n) is 8.81. The predicted molar refractivity (Wildman–Crippen MR) is 94.4 cm³/mol. The molecule has 2 atom stereocenters. The second-order valence-corrected chi connectivity index (χ2v) is 8.09. The van der Waals surface area contributed by atoms with E-state index in [4.69, 9.17) is 0 Å². The maximum Gasteiger partial charge on any atom is 0.191 e. The van der Waals surface area contributed by atoms with Crippen LogP contribution in [0.5, 0.6) is 0 Å². The molecule has 0 aromatic carbocycles. The molecule has 0 radical (unpaired) electrons. The van der Waals surface area contributed by atoms with Crippen molar-refractivity contribution in [3.8, 4) is 0 Å². The second kappa shape index (κ2) is 7.64. The van der Waals surface area contributed by atoms with E-state index in [2.05, 4.69) is 53.1 Å². The van der Waals surface area contributed by atoms with Crippen molar-refractivity contribution in [3.05, 3.63) is 0 Å². The molecule has 3 saturated heterocycles. The quantitative estimate of drug-likeness (QED) is 0.594. The minimum Gasteiger partial charge on any atom is -0.355 e. The van der Waals surface area contributed by atoms with E-state index in [0.29, 0.717) is 17.5 Å². The largest absolute Gasteiger partial charge is 0.355 e. The molecule has 128 valence electrons. The van der Waals surface area contributed by atoms with Crippen LogP contribution in [0.15, 0.2) is 4.99 Å². The van der Waals surface area contributed by atoms with Gasteiger partial charge in [-0.2, -0.15) is 0 Å². The number of nitrogens with one attached hydrogen (secondary N) is 2. The number of aliphatic imine (C=N–C) groups is 1. The van der Waals surface area contributed by atoms with Gasteiger partial charge in [0.05, 0.1) is 0 Å². The minimum atomic E-state index is 0.399. The van der Waals surface area contributed by atoms with Crippen molar-refractivity contribution < 1.29 is 0 Å². The van der Waals surface area contributed by atoms with E-state index in [1.54, 1.807) is 0 Å². The Morgan fingerprint density at radius 1 is 1.23 bits per heavy atom. The Balaban J connectivity index is 1.71. The third-order valence-corrected chi connectivity index (χ3v) is 4.83. The molecule has 5 nitrogen and oxygen atoms in total. The number of rotatable bonds is 5. The monoisotopic (exact) mass is 309 g/mol. The van der Waals surface area contributed by atoms with E-state index in [-0.39, 0.29) is 0 Å². The minimum absolute atomic E-state index is 0.399. The molecule has 0 amide bonds. The van der Waals surface area contributed by atoms with Gasteiger partial charge in [-0.3, -0.25) is 14.8 Å². The number of hydrogen-bond acceptors (Lipinski definition) is 3. The summed E-state index contributed by atoms with van der Waals surface area (Å²) < 4.78 is 0. The fraction of sp³-hybridized carbons (Fsp3) is 0.941. The van der Waals surface area contributed by atoms with Gasteiger partial charge in [0, 0.05) is 58.4 Å². The first kappa shape index (κ1) is 17.5. The normalized spacial score (nSPS) is 30.2. The second-order valence-electron chi connectivity index (χ2n) is 8.09. The summed E-state index contributed by atoms with van der Waals surface area (Å²) in [5, 5.41) is 7.05. The van der Waals surface area contributed by atoms with E-state index in [1.807, 2.05) is 7.05 Å². The molecular weight excluding hydrogens is 274 g/mol. The van der Waals surface area contributed by atoms with Gasteiger partial charge in [-0.1, -0.05) is 20.8 Å². The molecule has 3 fully saturated rings. The SMILES string of the molecule is CN=C(NCC1CN2CCN1CC2)NC(C)CCC(C)(C)C. The Kier molecular flexibility index (Phi) is 6.09. The molecule has 3 rings (SSSR count). The lowest BCUT2D eigenvalue weighted by atomic mass is 9.89. The van der Waals surface area contributed by atoms with Crippen molar-refractivity contribution in [1.29, 1.82) is 0 Å². The van der Waals surface area contributed by atoms with Gasteiger partial charge in [0.15, 0.2) is 5.96 Å². The fourth-order valence-electron chi connectivity index (χ4n) is 3.28. The maximum absolute atomic E-state index is 4.38. The third-order valence-electron chi connectivity index (χ3n) is 4.83. The highest BCUT2D eigenvalue weighted by Gasteiger charge is 2.31. The Labute approximate surface area is 136 Å². The molecule has 2 unspecified atom stereocenters. The van der Waals surface area contributed by atoms with Crippen LogP contribution >= 0.6 is 0 Å². The van der Waals surface area contributed by atoms with Crippen LogP contribution in [-0.2, 0) is 0 Å². The summed E-state index contributed by atoms with van der Waals surface area (Å²) in [5.41, 5.74) is 0.399. The Hall–Kier alpha value is -0.810. The van der Waals surface area contributed by atoms with E-state index >= 15 is 0 Å². The highest BCUT2D eigenvalue weighted by molar-refractivity contribution is 5.79. The average Bonchev–Trinajstić information content (AvgIpc) is 2.50. The maximum atomic E-state index is 4.38. The molecule has 0 aromatic heterocycles. The van der Waals surface area contributed by atoms with Gasteiger partial charge in [-0.25, -0.2) is 0 Å². The first-order valence-corrected chi connectivity index (χ1v) is 8.81. The summed E-state index contributed by atoms with van der Waals surface area (Å²) in [4.78, 5) is 9.57. The molecule has 0 saturated carbocycles. The van der Waals surface area contributed by atoms with Crippen molar-refractivity contribution in [2.45, 2.75) is 52.6 Å². The standard InChI is InChI=1S/C17H35N5/c1-14(6-7-17(2,3)4)20-16(18-5)19-12-15-13-21-8-10-22(15)11-9-21/h14-15H,6-13H2,1-5H3,(H2,18,19,20). The number of fused-ring (bicyclic) bond motifs is 3. The van der Waals surface area contributed by atoms with Gasteiger partial charge in [-0.15, -0.1) is 0 Å². The average molecular weight is 310 g/mol. The highest BCUT2D eigenvalue weighted by atomic mass is 15.4. The van der Waals surface area contributed by atoms with Crippen LogP contribution in [0.1, 0.15) is 40.5 Å². The molecule has 5 heteroatoms. The summed E-state index contributed by atoms with van der Waals surface area (Å²) in [7, 11) is 1.86. The van der Waals surface area contributed by atoms with Gasteiger partial charge in [0.1, 0.15) is 0 Å². The highest BCUT2D eigenvalue weighted by Crippen LogP contribution is 2.21. The zero-order chi connectivity index (χ0) is 16.2. The number of piperazine rings is 3. The van der Waals surface area contributed by atoms with Gasteiger partial charge >= 0.3 is 0 Å². The van der Waals surface area contributed by atoms with Crippen LogP contribution in [0.25, 0.3) is 0 Å². The van der Waals surface area contributed by atoms with E-state index < -0.39 is 0 Å². The van der Waals surface area contributed by atoms with Gasteiger partial charge in [-0.05, 0) is 25.2 Å². The molecular formula is C17H35N5. The molecule has 3 aliphatic rings. The molecule has 3 heterocycles. The van der Waals surface area contributed by atoms with E-state index in [1.165, 1.54) is 45.6 Å². The molecule has 0 aromatic rings. The summed E-state index contributed by atoms with van der Waals surface area (Å²) in [6.07, 6.45) is 2.40. The van der Waals surface area contributed by atoms with Crippen LogP contribution in [0.4, 0.5) is 0 Å². The summed E-state index contributed by atoms with van der Waals surface area (Å²) in [6, 6.07) is 1.09. The smallest absolute Gasteiger partial charge is 0.191 e. The van der Waals surface area contributed by atoms with Crippen LogP contribution in [-0.4, -0.2) is 74.2 Å².